The average Bonchev–Trinajstić information content (AvgIpc) is 2.52. The second kappa shape index (κ2) is 6.91. The monoisotopic (exact) mass is 287 g/mol. The van der Waals surface area contributed by atoms with Crippen molar-refractivity contribution in [2.24, 2.45) is 11.7 Å². The van der Waals surface area contributed by atoms with E-state index in [0.717, 1.165) is 5.92 Å². The predicted octanol–water partition coefficient (Wildman–Crippen LogP) is 2.49. The third kappa shape index (κ3) is 3.65. The highest BCUT2D eigenvalue weighted by Gasteiger charge is 2.32. The van der Waals surface area contributed by atoms with Crippen molar-refractivity contribution in [3.05, 3.63) is 35.9 Å². The van der Waals surface area contributed by atoms with Gasteiger partial charge in [-0.25, -0.2) is 0 Å². The van der Waals surface area contributed by atoms with Crippen LogP contribution in [0.5, 0.6) is 0 Å². The molecule has 1 heterocycles. The molecule has 1 saturated heterocycles. The summed E-state index contributed by atoms with van der Waals surface area (Å²) in [5, 5.41) is 0. The molecular formula is C18H29N3. The van der Waals surface area contributed by atoms with E-state index < -0.39 is 0 Å². The number of hydrogen-bond acceptors (Lipinski definition) is 3. The Morgan fingerprint density at radius 1 is 0.952 bits per heavy atom. The SMILES string of the molecule is CN1CCN(C(c2ccccc2)C2CCC(N)CC2)CC1. The van der Waals surface area contributed by atoms with E-state index >= 15 is 0 Å². The van der Waals surface area contributed by atoms with E-state index in [4.69, 9.17) is 5.73 Å². The van der Waals surface area contributed by atoms with Gasteiger partial charge in [0.2, 0.25) is 0 Å². The molecule has 3 rings (SSSR count). The van der Waals surface area contributed by atoms with Gasteiger partial charge in [-0.15, -0.1) is 0 Å². The first-order chi connectivity index (χ1) is 10.2. The number of likely N-dealkylation sites (N-methyl/N-ethyl adjacent to an activating group) is 1. The van der Waals surface area contributed by atoms with Gasteiger partial charge in [-0.3, -0.25) is 4.90 Å². The zero-order valence-corrected chi connectivity index (χ0v) is 13.2. The standard InChI is InChI=1S/C18H29N3/c1-20-11-13-21(14-12-20)18(15-5-3-2-4-6-15)16-7-9-17(19)10-8-16/h2-6,16-18H,7-14,19H2,1H3. The van der Waals surface area contributed by atoms with Crippen LogP contribution in [0.25, 0.3) is 0 Å². The molecule has 1 unspecified atom stereocenters. The predicted molar refractivity (Wildman–Crippen MR) is 88.2 cm³/mol. The summed E-state index contributed by atoms with van der Waals surface area (Å²) < 4.78 is 0. The quantitative estimate of drug-likeness (QED) is 0.927. The van der Waals surface area contributed by atoms with Crippen LogP contribution in [0.15, 0.2) is 30.3 Å². The van der Waals surface area contributed by atoms with Crippen LogP contribution in [0, 0.1) is 5.92 Å². The third-order valence-electron chi connectivity index (χ3n) is 5.34. The van der Waals surface area contributed by atoms with E-state index in [9.17, 15) is 0 Å². The number of nitrogens with two attached hydrogens (primary N) is 1. The van der Waals surface area contributed by atoms with Crippen LogP contribution in [0.1, 0.15) is 37.3 Å². The lowest BCUT2D eigenvalue weighted by Gasteiger charge is -2.43. The van der Waals surface area contributed by atoms with Crippen molar-refractivity contribution in [1.29, 1.82) is 0 Å². The molecule has 2 aliphatic rings. The van der Waals surface area contributed by atoms with E-state index in [1.54, 1.807) is 0 Å². The Bertz CT molecular complexity index is 395. The molecule has 0 spiro atoms. The molecule has 3 nitrogen and oxygen atoms in total. The average molecular weight is 287 g/mol. The summed E-state index contributed by atoms with van der Waals surface area (Å²) >= 11 is 0. The number of hydrogen-bond donors (Lipinski definition) is 1. The largest absolute Gasteiger partial charge is 0.328 e. The Balaban J connectivity index is 1.78. The normalized spacial score (nSPS) is 30.2. The highest BCUT2D eigenvalue weighted by Crippen LogP contribution is 2.38. The van der Waals surface area contributed by atoms with E-state index in [-0.39, 0.29) is 0 Å². The first kappa shape index (κ1) is 15.0. The molecule has 0 aromatic heterocycles. The zero-order chi connectivity index (χ0) is 14.7. The van der Waals surface area contributed by atoms with Gasteiger partial charge >= 0.3 is 0 Å². The van der Waals surface area contributed by atoms with Crippen LogP contribution in [0.3, 0.4) is 0 Å². The van der Waals surface area contributed by atoms with Crippen LogP contribution in [-0.2, 0) is 0 Å². The minimum atomic E-state index is 0.435. The number of rotatable bonds is 3. The van der Waals surface area contributed by atoms with Gasteiger partial charge in [-0.05, 0) is 44.2 Å². The summed E-state index contributed by atoms with van der Waals surface area (Å²) in [6.07, 6.45) is 4.96. The zero-order valence-electron chi connectivity index (χ0n) is 13.2. The van der Waals surface area contributed by atoms with Crippen LogP contribution in [-0.4, -0.2) is 49.1 Å². The summed E-state index contributed by atoms with van der Waals surface area (Å²) in [6.45, 7) is 4.77. The fourth-order valence-corrected chi connectivity index (χ4v) is 3.99. The van der Waals surface area contributed by atoms with E-state index in [2.05, 4.69) is 47.2 Å². The maximum Gasteiger partial charge on any atom is 0.0377 e. The highest BCUT2D eigenvalue weighted by molar-refractivity contribution is 5.20. The third-order valence-corrected chi connectivity index (χ3v) is 5.34. The Morgan fingerprint density at radius 2 is 1.57 bits per heavy atom. The first-order valence-electron chi connectivity index (χ1n) is 8.47. The molecule has 3 heteroatoms. The van der Waals surface area contributed by atoms with E-state index in [0.29, 0.717) is 12.1 Å². The molecule has 1 aromatic rings. The minimum absolute atomic E-state index is 0.435. The second-order valence-electron chi connectivity index (χ2n) is 6.87. The lowest BCUT2D eigenvalue weighted by molar-refractivity contribution is 0.0651. The summed E-state index contributed by atoms with van der Waals surface area (Å²) in [6, 6.07) is 12.2. The lowest BCUT2D eigenvalue weighted by Crippen LogP contribution is -2.48. The Morgan fingerprint density at radius 3 is 2.19 bits per heavy atom. The van der Waals surface area contributed by atoms with Crippen molar-refractivity contribution in [2.45, 2.75) is 37.8 Å². The van der Waals surface area contributed by atoms with Crippen molar-refractivity contribution >= 4 is 0 Å². The van der Waals surface area contributed by atoms with Crippen molar-refractivity contribution in [3.63, 3.8) is 0 Å². The molecular weight excluding hydrogens is 258 g/mol. The lowest BCUT2D eigenvalue weighted by atomic mass is 9.78. The second-order valence-corrected chi connectivity index (χ2v) is 6.87. The molecule has 1 atom stereocenters. The Hall–Kier alpha value is -0.900. The number of piperazine rings is 1. The highest BCUT2D eigenvalue weighted by atomic mass is 15.3. The van der Waals surface area contributed by atoms with Gasteiger partial charge in [-0.1, -0.05) is 30.3 Å². The van der Waals surface area contributed by atoms with Crippen LogP contribution < -0.4 is 5.73 Å². The first-order valence-corrected chi connectivity index (χ1v) is 8.47. The van der Waals surface area contributed by atoms with Crippen molar-refractivity contribution < 1.29 is 0 Å². The van der Waals surface area contributed by atoms with Crippen LogP contribution in [0.4, 0.5) is 0 Å². The van der Waals surface area contributed by atoms with Gasteiger partial charge in [0.1, 0.15) is 0 Å². The van der Waals surface area contributed by atoms with E-state index in [1.165, 1.54) is 57.4 Å². The van der Waals surface area contributed by atoms with Gasteiger partial charge < -0.3 is 10.6 Å². The minimum Gasteiger partial charge on any atom is -0.328 e. The fraction of sp³-hybridized carbons (Fsp3) is 0.667. The van der Waals surface area contributed by atoms with Gasteiger partial charge in [0.05, 0.1) is 0 Å². The fourth-order valence-electron chi connectivity index (χ4n) is 3.99. The summed E-state index contributed by atoms with van der Waals surface area (Å²) in [5.74, 6) is 0.774. The molecule has 1 aliphatic carbocycles. The molecule has 2 N–H and O–H groups in total. The van der Waals surface area contributed by atoms with Crippen molar-refractivity contribution in [3.8, 4) is 0 Å². The molecule has 116 valence electrons. The summed E-state index contributed by atoms with van der Waals surface area (Å²) in [4.78, 5) is 5.16. The Kier molecular flexibility index (Phi) is 4.94. The number of benzene rings is 1. The molecule has 1 saturated carbocycles. The maximum atomic E-state index is 6.11. The van der Waals surface area contributed by atoms with Gasteiger partial charge in [-0.2, -0.15) is 0 Å². The van der Waals surface area contributed by atoms with Crippen LogP contribution in [0.2, 0.25) is 0 Å². The number of nitrogens with zero attached hydrogens (tertiary/aromatic N) is 2. The molecule has 21 heavy (non-hydrogen) atoms. The molecule has 1 aromatic carbocycles. The molecule has 0 bridgehead atoms. The molecule has 0 amide bonds. The van der Waals surface area contributed by atoms with Gasteiger partial charge in [0.15, 0.2) is 0 Å². The van der Waals surface area contributed by atoms with Gasteiger partial charge in [0.25, 0.3) is 0 Å². The summed E-state index contributed by atoms with van der Waals surface area (Å²) in [7, 11) is 2.23. The molecule has 2 fully saturated rings. The van der Waals surface area contributed by atoms with Crippen molar-refractivity contribution in [1.82, 2.24) is 9.80 Å². The summed E-state index contributed by atoms with van der Waals surface area (Å²) in [5.41, 5.74) is 7.61. The maximum absolute atomic E-state index is 6.11. The van der Waals surface area contributed by atoms with Crippen LogP contribution >= 0.6 is 0 Å². The van der Waals surface area contributed by atoms with E-state index in [1.807, 2.05) is 0 Å². The topological polar surface area (TPSA) is 32.5 Å². The smallest absolute Gasteiger partial charge is 0.0377 e. The van der Waals surface area contributed by atoms with Crippen molar-refractivity contribution in [2.75, 3.05) is 33.2 Å². The Labute approximate surface area is 129 Å². The molecule has 1 aliphatic heterocycles. The molecule has 0 radical (unpaired) electrons. The van der Waals surface area contributed by atoms with Gasteiger partial charge in [0, 0.05) is 38.3 Å².